The van der Waals surface area contributed by atoms with Crippen molar-refractivity contribution in [2.75, 3.05) is 26.8 Å². The molecule has 1 fully saturated rings. The van der Waals surface area contributed by atoms with Gasteiger partial charge in [-0.15, -0.1) is 0 Å². The van der Waals surface area contributed by atoms with E-state index in [1.807, 2.05) is 0 Å². The fraction of sp³-hybridized carbons (Fsp3) is 0.562. The first kappa shape index (κ1) is 18.3. The first-order valence-corrected chi connectivity index (χ1v) is 8.30. The number of carbonyl (C=O) groups excluding carboxylic acids is 1. The van der Waals surface area contributed by atoms with Gasteiger partial charge in [-0.25, -0.2) is 0 Å². The molecule has 0 spiro atoms. The maximum atomic E-state index is 12.0. The van der Waals surface area contributed by atoms with Crippen molar-refractivity contribution in [1.29, 1.82) is 0 Å². The molecule has 0 aliphatic carbocycles. The summed E-state index contributed by atoms with van der Waals surface area (Å²) in [5.74, 6) is 0.206. The Balaban J connectivity index is 1.90. The largest absolute Gasteiger partial charge is 0.508 e. The van der Waals surface area contributed by atoms with Crippen molar-refractivity contribution in [2.45, 2.75) is 25.4 Å². The molecule has 1 saturated heterocycles. The predicted molar refractivity (Wildman–Crippen MR) is 89.0 cm³/mol. The Morgan fingerprint density at radius 3 is 2.57 bits per heavy atom. The number of halogens is 2. The average Bonchev–Trinajstić information content (AvgIpc) is 2.53. The number of aromatic hydroxyl groups is 1. The molecule has 1 aromatic rings. The molecule has 1 aliphatic heterocycles. The van der Waals surface area contributed by atoms with Crippen LogP contribution in [0.4, 0.5) is 0 Å². The van der Waals surface area contributed by atoms with Crippen molar-refractivity contribution in [3.8, 4) is 5.75 Å². The van der Waals surface area contributed by atoms with Gasteiger partial charge in [0.1, 0.15) is 5.75 Å². The summed E-state index contributed by atoms with van der Waals surface area (Å²) in [6.07, 6.45) is 1.21. The number of hydrogen-bond donors (Lipinski definition) is 2. The number of rotatable bonds is 5. The van der Waals surface area contributed by atoms with Crippen LogP contribution in [0.25, 0.3) is 0 Å². The number of aliphatic hydroxyl groups excluding tert-OH is 1. The molecule has 7 heteroatoms. The third kappa shape index (κ3) is 4.73. The minimum Gasteiger partial charge on any atom is -0.508 e. The third-order valence-electron chi connectivity index (χ3n) is 4.17. The third-order valence-corrected chi connectivity index (χ3v) is 4.89. The number of methoxy groups -OCH3 is 1. The van der Waals surface area contributed by atoms with Crippen LogP contribution in [-0.4, -0.2) is 53.9 Å². The van der Waals surface area contributed by atoms with Crippen LogP contribution < -0.4 is 0 Å². The summed E-state index contributed by atoms with van der Waals surface area (Å²) in [4.78, 5) is 13.7. The number of likely N-dealkylation sites (tertiary alicyclic amines) is 1. The van der Waals surface area contributed by atoms with Crippen molar-refractivity contribution in [1.82, 2.24) is 4.90 Å². The van der Waals surface area contributed by atoms with E-state index in [0.29, 0.717) is 35.5 Å². The van der Waals surface area contributed by atoms with E-state index in [9.17, 15) is 15.0 Å². The molecule has 1 unspecified atom stereocenters. The van der Waals surface area contributed by atoms with E-state index < -0.39 is 6.10 Å². The van der Waals surface area contributed by atoms with E-state index in [1.54, 1.807) is 11.0 Å². The number of amides is 1. The Hall–Kier alpha value is -1.01. The summed E-state index contributed by atoms with van der Waals surface area (Å²) in [6.45, 7) is 1.19. The van der Waals surface area contributed by atoms with Crippen LogP contribution in [0.3, 0.4) is 0 Å². The van der Waals surface area contributed by atoms with Crippen LogP contribution in [0.15, 0.2) is 12.1 Å². The monoisotopic (exact) mass is 361 g/mol. The Labute approximate surface area is 145 Å². The van der Waals surface area contributed by atoms with Gasteiger partial charge in [-0.05, 0) is 36.8 Å². The van der Waals surface area contributed by atoms with Gasteiger partial charge in [-0.3, -0.25) is 4.79 Å². The summed E-state index contributed by atoms with van der Waals surface area (Å²) >= 11 is 11.9. The summed E-state index contributed by atoms with van der Waals surface area (Å²) < 4.78 is 4.80. The van der Waals surface area contributed by atoms with Crippen LogP contribution in [0.1, 0.15) is 18.4 Å². The van der Waals surface area contributed by atoms with Crippen LogP contribution in [-0.2, 0) is 16.0 Å². The predicted octanol–water partition coefficient (Wildman–Crippen LogP) is 2.49. The van der Waals surface area contributed by atoms with Crippen molar-refractivity contribution >= 4 is 29.1 Å². The lowest BCUT2D eigenvalue weighted by atomic mass is 9.89. The topological polar surface area (TPSA) is 70.0 Å². The normalized spacial score (nSPS) is 17.3. The molecule has 0 radical (unpaired) electrons. The molecular formula is C16H21Cl2NO4. The van der Waals surface area contributed by atoms with Gasteiger partial charge < -0.3 is 19.8 Å². The van der Waals surface area contributed by atoms with E-state index in [1.165, 1.54) is 13.2 Å². The fourth-order valence-corrected chi connectivity index (χ4v) is 3.19. The van der Waals surface area contributed by atoms with Crippen LogP contribution in [0.2, 0.25) is 10.0 Å². The van der Waals surface area contributed by atoms with Crippen LogP contribution >= 0.6 is 23.2 Å². The Morgan fingerprint density at radius 1 is 1.35 bits per heavy atom. The van der Waals surface area contributed by atoms with Gasteiger partial charge in [0.2, 0.25) is 0 Å². The van der Waals surface area contributed by atoms with Gasteiger partial charge in [0, 0.05) is 26.3 Å². The minimum absolute atomic E-state index is 0.00983. The summed E-state index contributed by atoms with van der Waals surface area (Å²) in [5, 5.41) is 20.4. The summed E-state index contributed by atoms with van der Waals surface area (Å²) in [7, 11) is 1.45. The maximum Gasteiger partial charge on any atom is 0.253 e. The highest BCUT2D eigenvalue weighted by Crippen LogP contribution is 2.33. The second-order valence-corrected chi connectivity index (χ2v) is 6.65. The molecule has 23 heavy (non-hydrogen) atoms. The van der Waals surface area contributed by atoms with Gasteiger partial charge in [-0.1, -0.05) is 23.2 Å². The van der Waals surface area contributed by atoms with E-state index >= 15 is 0 Å². The molecule has 128 valence electrons. The maximum absolute atomic E-state index is 12.0. The van der Waals surface area contributed by atoms with Crippen molar-refractivity contribution in [2.24, 2.45) is 5.92 Å². The highest BCUT2D eigenvalue weighted by atomic mass is 35.5. The summed E-state index contributed by atoms with van der Waals surface area (Å²) in [5.41, 5.74) is 0.767. The van der Waals surface area contributed by atoms with Gasteiger partial charge >= 0.3 is 0 Å². The molecule has 1 heterocycles. The number of phenols is 1. The molecule has 2 rings (SSSR count). The van der Waals surface area contributed by atoms with E-state index in [4.69, 9.17) is 27.9 Å². The number of carbonyl (C=O) groups is 1. The smallest absolute Gasteiger partial charge is 0.253 e. The molecule has 2 N–H and O–H groups in total. The average molecular weight is 362 g/mol. The molecule has 1 amide bonds. The number of ether oxygens (including phenoxy) is 1. The molecular weight excluding hydrogens is 341 g/mol. The molecule has 0 bridgehead atoms. The molecule has 1 aliphatic rings. The van der Waals surface area contributed by atoms with Crippen molar-refractivity contribution in [3.63, 3.8) is 0 Å². The number of benzene rings is 1. The van der Waals surface area contributed by atoms with Gasteiger partial charge in [-0.2, -0.15) is 0 Å². The highest BCUT2D eigenvalue weighted by Gasteiger charge is 2.27. The lowest BCUT2D eigenvalue weighted by Crippen LogP contribution is -2.45. The Bertz CT molecular complexity index is 559. The Morgan fingerprint density at radius 2 is 1.96 bits per heavy atom. The SMILES string of the molecule is COCC(O)C(=O)N1CCC(Cc2cc(Cl)c(Cl)cc2O)CC1. The zero-order chi connectivity index (χ0) is 17.0. The van der Waals surface area contributed by atoms with E-state index in [-0.39, 0.29) is 18.3 Å². The summed E-state index contributed by atoms with van der Waals surface area (Å²) in [6, 6.07) is 3.15. The fourth-order valence-electron chi connectivity index (χ4n) is 2.85. The second-order valence-electron chi connectivity index (χ2n) is 5.84. The number of hydrogen-bond acceptors (Lipinski definition) is 4. The standard InChI is InChI=1S/C16H21Cl2NO4/c1-23-9-15(21)16(22)19-4-2-10(3-5-19)6-11-7-12(17)13(18)8-14(11)20/h7-8,10,15,20-21H,2-6,9H2,1H3. The number of phenolic OH excluding ortho intramolecular Hbond substituents is 1. The first-order valence-electron chi connectivity index (χ1n) is 7.55. The van der Waals surface area contributed by atoms with E-state index in [0.717, 1.165) is 18.4 Å². The number of nitrogens with zero attached hydrogens (tertiary/aromatic N) is 1. The number of aliphatic hydroxyl groups is 1. The van der Waals surface area contributed by atoms with Crippen LogP contribution in [0.5, 0.6) is 5.75 Å². The number of piperidine rings is 1. The minimum atomic E-state index is -1.10. The van der Waals surface area contributed by atoms with Gasteiger partial charge in [0.05, 0.1) is 16.7 Å². The zero-order valence-electron chi connectivity index (χ0n) is 13.0. The zero-order valence-corrected chi connectivity index (χ0v) is 14.5. The second kappa shape index (κ2) is 8.20. The van der Waals surface area contributed by atoms with Gasteiger partial charge in [0.25, 0.3) is 5.91 Å². The molecule has 0 saturated carbocycles. The van der Waals surface area contributed by atoms with Crippen molar-refractivity contribution < 1.29 is 19.7 Å². The molecule has 5 nitrogen and oxygen atoms in total. The van der Waals surface area contributed by atoms with Crippen LogP contribution in [0, 0.1) is 5.92 Å². The van der Waals surface area contributed by atoms with Gasteiger partial charge in [0.15, 0.2) is 6.10 Å². The van der Waals surface area contributed by atoms with E-state index in [2.05, 4.69) is 0 Å². The Kier molecular flexibility index (Phi) is 6.53. The lowest BCUT2D eigenvalue weighted by molar-refractivity contribution is -0.144. The first-order chi connectivity index (χ1) is 10.9. The lowest BCUT2D eigenvalue weighted by Gasteiger charge is -2.33. The quantitative estimate of drug-likeness (QED) is 0.845. The molecule has 1 atom stereocenters. The molecule has 1 aromatic carbocycles. The van der Waals surface area contributed by atoms with Crippen molar-refractivity contribution in [3.05, 3.63) is 27.7 Å². The highest BCUT2D eigenvalue weighted by molar-refractivity contribution is 6.42. The molecule has 0 aromatic heterocycles.